The lowest BCUT2D eigenvalue weighted by molar-refractivity contribution is -0.143. The maximum Gasteiger partial charge on any atom is 0.320 e. The van der Waals surface area contributed by atoms with Crippen molar-refractivity contribution < 1.29 is 19.1 Å². The van der Waals surface area contributed by atoms with Crippen LogP contribution in [0.5, 0.6) is 0 Å². The molecule has 2 fully saturated rings. The zero-order chi connectivity index (χ0) is 15.0. The highest BCUT2D eigenvalue weighted by molar-refractivity contribution is 6.28. The molecule has 2 atom stereocenters. The lowest BCUT2D eigenvalue weighted by Gasteiger charge is -2.27. The standard InChI is InChI=1S/C14H17ClN2O4/c15-12-6-3-9(21-12)7-16-13(18)10-4-5-11(14(19)20)17(10)8-1-2-8/h3,6,8,10-11H,1-2,4-5,7H2,(H,16,18)(H,19,20). The van der Waals surface area contributed by atoms with Gasteiger partial charge in [-0.05, 0) is 49.4 Å². The third-order valence-electron chi connectivity index (χ3n) is 4.06. The summed E-state index contributed by atoms with van der Waals surface area (Å²) in [4.78, 5) is 25.5. The highest BCUT2D eigenvalue weighted by atomic mass is 35.5. The predicted octanol–water partition coefficient (Wildman–Crippen LogP) is 1.63. The second-order valence-corrected chi connectivity index (χ2v) is 5.92. The van der Waals surface area contributed by atoms with E-state index in [1.54, 1.807) is 12.1 Å². The molecule has 2 aliphatic rings. The van der Waals surface area contributed by atoms with Gasteiger partial charge in [-0.25, -0.2) is 0 Å². The SMILES string of the molecule is O=C(O)C1CCC(C(=O)NCc2ccc(Cl)o2)N1C1CC1. The van der Waals surface area contributed by atoms with Crippen LogP contribution < -0.4 is 5.32 Å². The van der Waals surface area contributed by atoms with E-state index in [2.05, 4.69) is 5.32 Å². The lowest BCUT2D eigenvalue weighted by Crippen LogP contribution is -2.49. The molecule has 2 heterocycles. The van der Waals surface area contributed by atoms with Crippen molar-refractivity contribution in [2.45, 2.75) is 50.4 Å². The Balaban J connectivity index is 1.62. The predicted molar refractivity (Wildman–Crippen MR) is 74.9 cm³/mol. The molecule has 7 heteroatoms. The number of carboxylic acid groups (broad SMARTS) is 1. The molecule has 1 aromatic rings. The number of carboxylic acids is 1. The Kier molecular flexibility index (Phi) is 3.91. The number of hydrogen-bond acceptors (Lipinski definition) is 4. The number of carbonyl (C=O) groups excluding carboxylic acids is 1. The van der Waals surface area contributed by atoms with Crippen LogP contribution in [0.4, 0.5) is 0 Å². The van der Waals surface area contributed by atoms with E-state index in [4.69, 9.17) is 16.0 Å². The summed E-state index contributed by atoms with van der Waals surface area (Å²) in [5, 5.41) is 12.4. The summed E-state index contributed by atoms with van der Waals surface area (Å²) in [6.45, 7) is 0.262. The fraction of sp³-hybridized carbons (Fsp3) is 0.571. The summed E-state index contributed by atoms with van der Waals surface area (Å²) in [5.74, 6) is -0.396. The van der Waals surface area contributed by atoms with Crippen molar-refractivity contribution in [3.05, 3.63) is 23.1 Å². The number of nitrogens with one attached hydrogen (secondary N) is 1. The van der Waals surface area contributed by atoms with Crippen LogP contribution in [0, 0.1) is 0 Å². The van der Waals surface area contributed by atoms with Crippen molar-refractivity contribution in [2.24, 2.45) is 0 Å². The zero-order valence-corrected chi connectivity index (χ0v) is 12.2. The summed E-state index contributed by atoms with van der Waals surface area (Å²) in [7, 11) is 0. The molecule has 0 spiro atoms. The number of amides is 1. The molecular formula is C14H17ClN2O4. The van der Waals surface area contributed by atoms with Gasteiger partial charge in [-0.1, -0.05) is 0 Å². The second-order valence-electron chi connectivity index (χ2n) is 5.55. The van der Waals surface area contributed by atoms with Gasteiger partial charge in [0.25, 0.3) is 0 Å². The van der Waals surface area contributed by atoms with E-state index in [-0.39, 0.29) is 29.8 Å². The summed E-state index contributed by atoms with van der Waals surface area (Å²) in [6, 6.07) is 2.67. The van der Waals surface area contributed by atoms with E-state index in [9.17, 15) is 14.7 Å². The van der Waals surface area contributed by atoms with Crippen LogP contribution in [-0.4, -0.2) is 40.0 Å². The molecule has 1 aliphatic heterocycles. The van der Waals surface area contributed by atoms with Crippen LogP contribution in [0.3, 0.4) is 0 Å². The molecule has 1 aromatic heterocycles. The highest BCUT2D eigenvalue weighted by Crippen LogP contribution is 2.37. The number of furan rings is 1. The van der Waals surface area contributed by atoms with Gasteiger partial charge < -0.3 is 14.8 Å². The largest absolute Gasteiger partial charge is 0.480 e. The van der Waals surface area contributed by atoms with Crippen LogP contribution in [0.25, 0.3) is 0 Å². The van der Waals surface area contributed by atoms with Crippen LogP contribution in [0.1, 0.15) is 31.4 Å². The highest BCUT2D eigenvalue weighted by Gasteiger charge is 2.48. The van der Waals surface area contributed by atoms with Gasteiger partial charge in [-0.3, -0.25) is 14.5 Å². The Morgan fingerprint density at radius 2 is 2.00 bits per heavy atom. The Bertz CT molecular complexity index is 555. The van der Waals surface area contributed by atoms with Gasteiger partial charge >= 0.3 is 5.97 Å². The number of likely N-dealkylation sites (tertiary alicyclic amines) is 1. The van der Waals surface area contributed by atoms with Crippen molar-refractivity contribution in [3.63, 3.8) is 0 Å². The quantitative estimate of drug-likeness (QED) is 0.863. The van der Waals surface area contributed by atoms with Gasteiger partial charge in [0.2, 0.25) is 5.91 Å². The van der Waals surface area contributed by atoms with E-state index in [1.807, 2.05) is 4.90 Å². The third-order valence-corrected chi connectivity index (χ3v) is 4.26. The second kappa shape index (κ2) is 5.69. The van der Waals surface area contributed by atoms with Crippen LogP contribution >= 0.6 is 11.6 Å². The smallest absolute Gasteiger partial charge is 0.320 e. The molecule has 3 rings (SSSR count). The number of hydrogen-bond donors (Lipinski definition) is 2. The van der Waals surface area contributed by atoms with Gasteiger partial charge in [0, 0.05) is 6.04 Å². The monoisotopic (exact) mass is 312 g/mol. The van der Waals surface area contributed by atoms with E-state index in [1.165, 1.54) is 0 Å². The van der Waals surface area contributed by atoms with Crippen LogP contribution in [0.15, 0.2) is 16.5 Å². The average Bonchev–Trinajstić information content (AvgIpc) is 3.04. The molecule has 6 nitrogen and oxygen atoms in total. The van der Waals surface area contributed by atoms with Crippen molar-refractivity contribution in [3.8, 4) is 0 Å². The number of nitrogens with zero attached hydrogens (tertiary/aromatic N) is 1. The van der Waals surface area contributed by atoms with Gasteiger partial charge in [-0.15, -0.1) is 0 Å². The Labute approximate surface area is 127 Å². The van der Waals surface area contributed by atoms with Gasteiger partial charge in [0.15, 0.2) is 5.22 Å². The number of carbonyl (C=O) groups is 2. The molecule has 1 saturated heterocycles. The molecule has 1 amide bonds. The third kappa shape index (κ3) is 3.06. The summed E-state index contributed by atoms with van der Waals surface area (Å²) >= 11 is 5.68. The first kappa shape index (κ1) is 14.4. The minimum atomic E-state index is -0.838. The summed E-state index contributed by atoms with van der Waals surface area (Å²) in [5.41, 5.74) is 0. The Morgan fingerprint density at radius 3 is 2.57 bits per heavy atom. The molecule has 1 saturated carbocycles. The molecule has 2 N–H and O–H groups in total. The van der Waals surface area contributed by atoms with Crippen LogP contribution in [0.2, 0.25) is 5.22 Å². The van der Waals surface area contributed by atoms with Crippen molar-refractivity contribution >= 4 is 23.5 Å². The molecule has 1 aliphatic carbocycles. The van der Waals surface area contributed by atoms with Crippen molar-refractivity contribution in [2.75, 3.05) is 0 Å². The lowest BCUT2D eigenvalue weighted by atomic mass is 10.2. The molecule has 114 valence electrons. The first-order chi connectivity index (χ1) is 10.1. The topological polar surface area (TPSA) is 82.8 Å². The molecule has 0 radical (unpaired) electrons. The first-order valence-electron chi connectivity index (χ1n) is 7.08. The van der Waals surface area contributed by atoms with Gasteiger partial charge in [0.05, 0.1) is 12.6 Å². The minimum absolute atomic E-state index is 0.141. The average molecular weight is 313 g/mol. The molecule has 0 bridgehead atoms. The normalized spacial score (nSPS) is 26.0. The van der Waals surface area contributed by atoms with E-state index < -0.39 is 12.0 Å². The first-order valence-corrected chi connectivity index (χ1v) is 7.46. The van der Waals surface area contributed by atoms with E-state index >= 15 is 0 Å². The van der Waals surface area contributed by atoms with Gasteiger partial charge in [-0.2, -0.15) is 0 Å². The van der Waals surface area contributed by atoms with Crippen molar-refractivity contribution in [1.29, 1.82) is 0 Å². The Morgan fingerprint density at radius 1 is 1.29 bits per heavy atom. The summed E-state index contributed by atoms with van der Waals surface area (Å²) in [6.07, 6.45) is 3.05. The summed E-state index contributed by atoms with van der Waals surface area (Å²) < 4.78 is 5.19. The van der Waals surface area contributed by atoms with E-state index in [0.29, 0.717) is 18.6 Å². The fourth-order valence-electron chi connectivity index (χ4n) is 2.97. The number of halogens is 1. The molecular weight excluding hydrogens is 296 g/mol. The molecule has 0 aromatic carbocycles. The minimum Gasteiger partial charge on any atom is -0.480 e. The van der Waals surface area contributed by atoms with Gasteiger partial charge in [0.1, 0.15) is 11.8 Å². The number of aliphatic carboxylic acids is 1. The molecule has 2 unspecified atom stereocenters. The van der Waals surface area contributed by atoms with Crippen molar-refractivity contribution in [1.82, 2.24) is 10.2 Å². The molecule has 21 heavy (non-hydrogen) atoms. The zero-order valence-electron chi connectivity index (χ0n) is 11.4. The number of rotatable bonds is 5. The van der Waals surface area contributed by atoms with E-state index in [0.717, 1.165) is 12.8 Å². The van der Waals surface area contributed by atoms with Crippen LogP contribution in [-0.2, 0) is 16.1 Å². The maximum atomic E-state index is 12.3. The maximum absolute atomic E-state index is 12.3. The fourth-order valence-corrected chi connectivity index (χ4v) is 3.13. The Hall–Kier alpha value is -1.53.